The number of benzene rings is 2. The highest BCUT2D eigenvalue weighted by atomic mass is 32.1. The molecule has 0 fully saturated rings. The minimum atomic E-state index is 0.986. The highest BCUT2D eigenvalue weighted by Crippen LogP contribution is 2.34. The van der Waals surface area contributed by atoms with Gasteiger partial charge in [-0.2, -0.15) is 0 Å². The molecule has 4 aromatic rings. The van der Waals surface area contributed by atoms with Gasteiger partial charge in [-0.1, -0.05) is 66.7 Å². The van der Waals surface area contributed by atoms with Gasteiger partial charge in [0.15, 0.2) is 0 Å². The lowest BCUT2D eigenvalue weighted by Crippen LogP contribution is -1.81. The van der Waals surface area contributed by atoms with Gasteiger partial charge in [-0.3, -0.25) is 4.98 Å². The number of thiazole rings is 1. The average Bonchev–Trinajstić information content (AvgIpc) is 3.13. The van der Waals surface area contributed by atoms with Crippen molar-refractivity contribution in [2.45, 2.75) is 0 Å². The maximum atomic E-state index is 4.89. The van der Waals surface area contributed by atoms with Crippen LogP contribution in [0.4, 0.5) is 0 Å². The fourth-order valence-corrected chi connectivity index (χ4v) is 3.58. The van der Waals surface area contributed by atoms with Crippen molar-refractivity contribution >= 4 is 23.5 Å². The molecule has 0 saturated carbocycles. The zero-order valence-corrected chi connectivity index (χ0v) is 14.4. The molecule has 0 aliphatic carbocycles. The van der Waals surface area contributed by atoms with Crippen LogP contribution in [0.15, 0.2) is 85.2 Å². The summed E-state index contributed by atoms with van der Waals surface area (Å²) in [5, 5.41) is 0.986. The normalized spacial score (nSPS) is 11.0. The van der Waals surface area contributed by atoms with Gasteiger partial charge in [0.2, 0.25) is 0 Å². The third kappa shape index (κ3) is 3.57. The molecular weight excluding hydrogens is 324 g/mol. The minimum Gasteiger partial charge on any atom is -0.264 e. The molecule has 0 N–H and O–H groups in total. The third-order valence-corrected chi connectivity index (χ3v) is 4.91. The topological polar surface area (TPSA) is 25.8 Å². The fourth-order valence-electron chi connectivity index (χ4n) is 2.60. The molecule has 3 heteroatoms. The molecule has 4 rings (SSSR count). The summed E-state index contributed by atoms with van der Waals surface area (Å²) in [4.78, 5) is 10.3. The highest BCUT2D eigenvalue weighted by molar-refractivity contribution is 7.16. The molecule has 0 bridgehead atoms. The lowest BCUT2D eigenvalue weighted by atomic mass is 10.1. The van der Waals surface area contributed by atoms with Gasteiger partial charge >= 0.3 is 0 Å². The first-order valence-corrected chi connectivity index (χ1v) is 8.91. The molecule has 0 unspecified atom stereocenters. The van der Waals surface area contributed by atoms with Crippen molar-refractivity contribution in [1.29, 1.82) is 0 Å². The Labute approximate surface area is 151 Å². The van der Waals surface area contributed by atoms with Crippen LogP contribution in [-0.2, 0) is 0 Å². The summed E-state index contributed by atoms with van der Waals surface area (Å²) in [6.07, 6.45) is 7.92. The first-order chi connectivity index (χ1) is 12.4. The van der Waals surface area contributed by atoms with Gasteiger partial charge in [-0.05, 0) is 23.8 Å². The predicted octanol–water partition coefficient (Wildman–Crippen LogP) is 6.04. The minimum absolute atomic E-state index is 0.986. The zero-order chi connectivity index (χ0) is 16.9. The standard InChI is InChI=1S/C22H16N2S/c1-3-8-17(9-4-1)13-14-20-21(18-10-5-2-6-11-18)24-22(25-20)19-12-7-15-23-16-19/h1-16H. The number of pyridine rings is 1. The lowest BCUT2D eigenvalue weighted by Gasteiger charge is -1.98. The van der Waals surface area contributed by atoms with Crippen molar-refractivity contribution in [3.05, 3.63) is 95.6 Å². The van der Waals surface area contributed by atoms with E-state index < -0.39 is 0 Å². The summed E-state index contributed by atoms with van der Waals surface area (Å²) < 4.78 is 0. The Morgan fingerprint density at radius 2 is 1.44 bits per heavy atom. The van der Waals surface area contributed by atoms with E-state index in [9.17, 15) is 0 Å². The fraction of sp³-hybridized carbons (Fsp3) is 0. The van der Waals surface area contributed by atoms with E-state index in [0.29, 0.717) is 0 Å². The van der Waals surface area contributed by atoms with Crippen molar-refractivity contribution in [3.63, 3.8) is 0 Å². The van der Waals surface area contributed by atoms with Crippen LogP contribution in [0.3, 0.4) is 0 Å². The van der Waals surface area contributed by atoms with Crippen LogP contribution in [0.25, 0.3) is 34.0 Å². The quantitative estimate of drug-likeness (QED) is 0.452. The average molecular weight is 340 g/mol. The molecule has 0 radical (unpaired) electrons. The maximum Gasteiger partial charge on any atom is 0.126 e. The monoisotopic (exact) mass is 340 g/mol. The molecule has 0 saturated heterocycles. The summed E-state index contributed by atoms with van der Waals surface area (Å²) in [6.45, 7) is 0. The van der Waals surface area contributed by atoms with Gasteiger partial charge in [0.25, 0.3) is 0 Å². The van der Waals surface area contributed by atoms with E-state index in [1.165, 1.54) is 5.56 Å². The Bertz CT molecular complexity index is 974. The molecule has 0 atom stereocenters. The van der Waals surface area contributed by atoms with Crippen LogP contribution in [0.1, 0.15) is 10.4 Å². The molecule has 2 aromatic carbocycles. The van der Waals surface area contributed by atoms with Gasteiger partial charge < -0.3 is 0 Å². The number of hydrogen-bond donors (Lipinski definition) is 0. The second-order valence-electron chi connectivity index (χ2n) is 5.58. The van der Waals surface area contributed by atoms with E-state index in [-0.39, 0.29) is 0 Å². The van der Waals surface area contributed by atoms with Crippen LogP contribution in [0.2, 0.25) is 0 Å². The lowest BCUT2D eigenvalue weighted by molar-refractivity contribution is 1.31. The van der Waals surface area contributed by atoms with Gasteiger partial charge in [-0.25, -0.2) is 4.98 Å². The first kappa shape index (κ1) is 15.5. The summed E-state index contributed by atoms with van der Waals surface area (Å²) in [5.41, 5.74) is 4.36. The van der Waals surface area contributed by atoms with Crippen molar-refractivity contribution in [2.75, 3.05) is 0 Å². The van der Waals surface area contributed by atoms with Crippen LogP contribution in [0, 0.1) is 0 Å². The molecule has 0 aliphatic rings. The number of rotatable bonds is 4. The Hall–Kier alpha value is -3.04. The smallest absolute Gasteiger partial charge is 0.126 e. The second kappa shape index (κ2) is 7.24. The maximum absolute atomic E-state index is 4.89. The SMILES string of the molecule is C(=Cc1sc(-c2cccnc2)nc1-c1ccccc1)c1ccccc1. The molecule has 2 heterocycles. The van der Waals surface area contributed by atoms with Crippen molar-refractivity contribution < 1.29 is 0 Å². The van der Waals surface area contributed by atoms with Gasteiger partial charge in [-0.15, -0.1) is 11.3 Å². The van der Waals surface area contributed by atoms with E-state index in [1.807, 2.05) is 54.7 Å². The van der Waals surface area contributed by atoms with Gasteiger partial charge in [0.1, 0.15) is 5.01 Å². The van der Waals surface area contributed by atoms with Crippen LogP contribution in [-0.4, -0.2) is 9.97 Å². The molecule has 120 valence electrons. The number of hydrogen-bond acceptors (Lipinski definition) is 3. The molecule has 0 aliphatic heterocycles. The Balaban J connectivity index is 1.78. The second-order valence-corrected chi connectivity index (χ2v) is 6.61. The summed E-state index contributed by atoms with van der Waals surface area (Å²) in [5.74, 6) is 0. The summed E-state index contributed by atoms with van der Waals surface area (Å²) in [7, 11) is 0. The van der Waals surface area contributed by atoms with E-state index in [2.05, 4.69) is 41.4 Å². The first-order valence-electron chi connectivity index (χ1n) is 8.10. The number of nitrogens with zero attached hydrogens (tertiary/aromatic N) is 2. The predicted molar refractivity (Wildman–Crippen MR) is 106 cm³/mol. The molecule has 25 heavy (non-hydrogen) atoms. The molecule has 2 nitrogen and oxygen atoms in total. The van der Waals surface area contributed by atoms with Gasteiger partial charge in [0.05, 0.1) is 10.6 Å². The zero-order valence-electron chi connectivity index (χ0n) is 13.5. The third-order valence-electron chi connectivity index (χ3n) is 3.84. The Kier molecular flexibility index (Phi) is 4.49. The Morgan fingerprint density at radius 3 is 2.16 bits per heavy atom. The van der Waals surface area contributed by atoms with Crippen LogP contribution < -0.4 is 0 Å². The van der Waals surface area contributed by atoms with Crippen molar-refractivity contribution in [1.82, 2.24) is 9.97 Å². The largest absolute Gasteiger partial charge is 0.264 e. The summed E-state index contributed by atoms with van der Waals surface area (Å²) in [6, 6.07) is 24.6. The van der Waals surface area contributed by atoms with E-state index in [0.717, 1.165) is 26.7 Å². The molecule has 0 amide bonds. The van der Waals surface area contributed by atoms with E-state index in [4.69, 9.17) is 4.98 Å². The van der Waals surface area contributed by atoms with Gasteiger partial charge in [0, 0.05) is 23.5 Å². The molecule has 2 aromatic heterocycles. The molecule has 0 spiro atoms. The summed E-state index contributed by atoms with van der Waals surface area (Å²) >= 11 is 1.69. The van der Waals surface area contributed by atoms with Crippen molar-refractivity contribution in [3.8, 4) is 21.8 Å². The van der Waals surface area contributed by atoms with Crippen LogP contribution >= 0.6 is 11.3 Å². The van der Waals surface area contributed by atoms with Crippen LogP contribution in [0.5, 0.6) is 0 Å². The number of aromatic nitrogens is 2. The van der Waals surface area contributed by atoms with E-state index >= 15 is 0 Å². The Morgan fingerprint density at radius 1 is 0.720 bits per heavy atom. The highest BCUT2D eigenvalue weighted by Gasteiger charge is 2.12. The van der Waals surface area contributed by atoms with E-state index in [1.54, 1.807) is 17.5 Å². The van der Waals surface area contributed by atoms with Crippen molar-refractivity contribution in [2.24, 2.45) is 0 Å². The molecular formula is C22H16N2S.